The summed E-state index contributed by atoms with van der Waals surface area (Å²) >= 11 is 0. The monoisotopic (exact) mass is 588 g/mol. The Hall–Kier alpha value is -3.97. The second-order valence-electron chi connectivity index (χ2n) is 10.6. The van der Waals surface area contributed by atoms with Crippen molar-refractivity contribution in [1.82, 2.24) is 15.1 Å². The predicted molar refractivity (Wildman–Crippen MR) is 143 cm³/mol. The van der Waals surface area contributed by atoms with Gasteiger partial charge in [0.1, 0.15) is 11.8 Å². The van der Waals surface area contributed by atoms with Gasteiger partial charge in [-0.05, 0) is 54.2 Å². The molecule has 2 aromatic carbocycles. The fraction of sp³-hybridized carbons (Fsp3) is 0.448. The largest absolute Gasteiger partial charge is 0.573 e. The van der Waals surface area contributed by atoms with Crippen LogP contribution in [0.5, 0.6) is 5.75 Å². The third-order valence-electron chi connectivity index (χ3n) is 7.71. The third-order valence-corrected chi connectivity index (χ3v) is 7.71. The molecule has 2 N–H and O–H groups in total. The Labute approximate surface area is 240 Å². The third kappa shape index (κ3) is 6.90. The Morgan fingerprint density at radius 2 is 1.90 bits per heavy atom. The quantitative estimate of drug-likeness (QED) is 0.456. The van der Waals surface area contributed by atoms with Crippen LogP contribution in [0.1, 0.15) is 51.9 Å². The van der Waals surface area contributed by atoms with Crippen molar-refractivity contribution in [2.75, 3.05) is 31.6 Å². The summed E-state index contributed by atoms with van der Waals surface area (Å²) in [6.07, 6.45) is -4.16. The Morgan fingerprint density at radius 1 is 1.14 bits per heavy atom. The SMILES string of the molecule is Cc1c(CN2CCOCC2)cc(NC(=O)CCc2ccc3c(c2)C(=O)N(C2CCC(=O)NC2=O)C3)cc1OC(F)(F)F. The molecule has 10 nitrogen and oxygen atoms in total. The van der Waals surface area contributed by atoms with Crippen LogP contribution in [0.4, 0.5) is 18.9 Å². The van der Waals surface area contributed by atoms with Gasteiger partial charge < -0.3 is 19.7 Å². The van der Waals surface area contributed by atoms with E-state index in [1.54, 1.807) is 31.2 Å². The van der Waals surface area contributed by atoms with Gasteiger partial charge in [-0.25, -0.2) is 0 Å². The molecule has 1 atom stereocenters. The standard InChI is InChI=1S/C29H31F3N4O6/c1-17-20(15-35-8-10-41-11-9-35)13-21(14-24(17)42-29(30,31)32)33-25(37)6-3-18-2-4-19-16-36(28(40)22(19)12-18)23-5-7-26(38)34-27(23)39/h2,4,12-14,23H,3,5-11,15-16H2,1H3,(H,33,37)(H,34,38,39). The fourth-order valence-corrected chi connectivity index (χ4v) is 5.45. The van der Waals surface area contributed by atoms with Crippen molar-refractivity contribution >= 4 is 29.3 Å². The zero-order valence-corrected chi connectivity index (χ0v) is 23.0. The number of hydrogen-bond donors (Lipinski definition) is 2. The van der Waals surface area contributed by atoms with Gasteiger partial charge in [0.2, 0.25) is 17.7 Å². The van der Waals surface area contributed by atoms with Crippen LogP contribution in [0.2, 0.25) is 0 Å². The van der Waals surface area contributed by atoms with Crippen LogP contribution in [-0.2, 0) is 38.6 Å². The highest BCUT2D eigenvalue weighted by Gasteiger charge is 2.39. The van der Waals surface area contributed by atoms with E-state index >= 15 is 0 Å². The molecule has 2 fully saturated rings. The first-order valence-corrected chi connectivity index (χ1v) is 13.7. The Morgan fingerprint density at radius 3 is 2.62 bits per heavy atom. The van der Waals surface area contributed by atoms with E-state index < -0.39 is 24.2 Å². The van der Waals surface area contributed by atoms with Crippen LogP contribution >= 0.6 is 0 Å². The van der Waals surface area contributed by atoms with Crippen LogP contribution < -0.4 is 15.4 Å². The van der Waals surface area contributed by atoms with E-state index in [1.165, 1.54) is 11.0 Å². The molecule has 0 aliphatic carbocycles. The zero-order valence-electron chi connectivity index (χ0n) is 23.0. The number of halogens is 3. The number of benzene rings is 2. The number of piperidine rings is 1. The molecule has 0 bridgehead atoms. The molecule has 0 spiro atoms. The lowest BCUT2D eigenvalue weighted by Crippen LogP contribution is -2.52. The first-order valence-electron chi connectivity index (χ1n) is 13.7. The Bertz CT molecular complexity index is 1410. The Kier molecular flexibility index (Phi) is 8.50. The molecule has 4 amide bonds. The molecule has 3 heterocycles. The molecule has 0 radical (unpaired) electrons. The molecule has 1 unspecified atom stereocenters. The number of anilines is 1. The van der Waals surface area contributed by atoms with Gasteiger partial charge in [0.15, 0.2) is 0 Å². The van der Waals surface area contributed by atoms with Crippen molar-refractivity contribution in [3.63, 3.8) is 0 Å². The van der Waals surface area contributed by atoms with E-state index in [0.29, 0.717) is 49.5 Å². The van der Waals surface area contributed by atoms with Gasteiger partial charge in [0.25, 0.3) is 5.91 Å². The second-order valence-corrected chi connectivity index (χ2v) is 10.6. The van der Waals surface area contributed by atoms with Crippen molar-refractivity contribution in [3.05, 3.63) is 58.1 Å². The molecule has 3 aliphatic rings. The van der Waals surface area contributed by atoms with E-state index in [2.05, 4.69) is 20.3 Å². The minimum Gasteiger partial charge on any atom is -0.405 e. The van der Waals surface area contributed by atoms with Gasteiger partial charge in [-0.1, -0.05) is 12.1 Å². The molecule has 0 saturated carbocycles. The van der Waals surface area contributed by atoms with E-state index in [-0.39, 0.29) is 55.5 Å². The normalized spacial score (nSPS) is 19.5. The van der Waals surface area contributed by atoms with Gasteiger partial charge in [0.05, 0.1) is 13.2 Å². The molecular weight excluding hydrogens is 557 g/mol. The lowest BCUT2D eigenvalue weighted by molar-refractivity contribution is -0.274. The highest BCUT2D eigenvalue weighted by molar-refractivity contribution is 6.05. The molecule has 5 rings (SSSR count). The fourth-order valence-electron chi connectivity index (χ4n) is 5.45. The summed E-state index contributed by atoms with van der Waals surface area (Å²) in [6, 6.07) is 7.38. The van der Waals surface area contributed by atoms with Gasteiger partial charge in [-0.2, -0.15) is 0 Å². The van der Waals surface area contributed by atoms with Gasteiger partial charge in [0, 0.05) is 56.3 Å². The van der Waals surface area contributed by atoms with E-state index in [4.69, 9.17) is 4.74 Å². The van der Waals surface area contributed by atoms with Crippen molar-refractivity contribution < 1.29 is 41.8 Å². The van der Waals surface area contributed by atoms with Crippen LogP contribution in [-0.4, -0.2) is 72.1 Å². The number of carbonyl (C=O) groups excluding carboxylic acids is 4. The average molecular weight is 589 g/mol. The molecular formula is C29H31F3N4O6. The molecule has 224 valence electrons. The topological polar surface area (TPSA) is 117 Å². The number of ether oxygens (including phenoxy) is 2. The summed E-state index contributed by atoms with van der Waals surface area (Å²) in [4.78, 5) is 53.2. The van der Waals surface area contributed by atoms with Crippen LogP contribution in [0.25, 0.3) is 0 Å². The smallest absolute Gasteiger partial charge is 0.405 e. The summed E-state index contributed by atoms with van der Waals surface area (Å²) in [5.41, 5.74) is 3.05. The maximum atomic E-state index is 13.1. The van der Waals surface area contributed by atoms with Crippen molar-refractivity contribution in [2.24, 2.45) is 0 Å². The number of aryl methyl sites for hydroxylation is 1. The number of amides is 4. The second kappa shape index (κ2) is 12.1. The summed E-state index contributed by atoms with van der Waals surface area (Å²) in [5, 5.41) is 4.96. The minimum absolute atomic E-state index is 0.0198. The van der Waals surface area contributed by atoms with E-state index in [1.807, 2.05) is 0 Å². The van der Waals surface area contributed by atoms with Crippen molar-refractivity contribution in [1.29, 1.82) is 0 Å². The van der Waals surface area contributed by atoms with Gasteiger partial charge in [-0.15, -0.1) is 13.2 Å². The molecule has 13 heteroatoms. The first-order chi connectivity index (χ1) is 20.0. The highest BCUT2D eigenvalue weighted by atomic mass is 19.4. The Balaban J connectivity index is 1.24. The summed E-state index contributed by atoms with van der Waals surface area (Å²) in [5.74, 6) is -1.94. The van der Waals surface area contributed by atoms with Crippen molar-refractivity contribution in [3.8, 4) is 5.75 Å². The molecule has 3 aliphatic heterocycles. The van der Waals surface area contributed by atoms with E-state index in [0.717, 1.165) is 11.1 Å². The van der Waals surface area contributed by atoms with Crippen LogP contribution in [0.15, 0.2) is 30.3 Å². The molecule has 0 aromatic heterocycles. The summed E-state index contributed by atoms with van der Waals surface area (Å²) in [7, 11) is 0. The highest BCUT2D eigenvalue weighted by Crippen LogP contribution is 2.33. The summed E-state index contributed by atoms with van der Waals surface area (Å²) in [6.45, 7) is 4.53. The maximum Gasteiger partial charge on any atom is 0.573 e. The van der Waals surface area contributed by atoms with Crippen LogP contribution in [0, 0.1) is 6.92 Å². The minimum atomic E-state index is -4.89. The van der Waals surface area contributed by atoms with E-state index in [9.17, 15) is 32.3 Å². The molecule has 2 saturated heterocycles. The van der Waals surface area contributed by atoms with Crippen molar-refractivity contribution in [2.45, 2.75) is 58.1 Å². The number of nitrogens with one attached hydrogen (secondary N) is 2. The average Bonchev–Trinajstić information content (AvgIpc) is 3.25. The number of rotatable bonds is 8. The molecule has 42 heavy (non-hydrogen) atoms. The lowest BCUT2D eigenvalue weighted by atomic mass is 10.0. The maximum absolute atomic E-state index is 13.1. The number of carbonyl (C=O) groups is 4. The van der Waals surface area contributed by atoms with Crippen LogP contribution in [0.3, 0.4) is 0 Å². The van der Waals surface area contributed by atoms with Gasteiger partial charge >= 0.3 is 6.36 Å². The zero-order chi connectivity index (χ0) is 30.0. The number of fused-ring (bicyclic) bond motifs is 1. The molecule has 2 aromatic rings. The summed E-state index contributed by atoms with van der Waals surface area (Å²) < 4.78 is 48.9. The first kappa shape index (κ1) is 29.5. The predicted octanol–water partition coefficient (Wildman–Crippen LogP) is 3.06. The van der Waals surface area contributed by atoms with Gasteiger partial charge in [-0.3, -0.25) is 29.4 Å². The number of alkyl halides is 3. The number of morpholine rings is 1. The number of nitrogens with zero attached hydrogens (tertiary/aromatic N) is 2. The lowest BCUT2D eigenvalue weighted by Gasteiger charge is -2.29. The number of hydrogen-bond acceptors (Lipinski definition) is 7. The number of imide groups is 1.